The third kappa shape index (κ3) is 6.13. The van der Waals surface area contributed by atoms with Crippen molar-refractivity contribution in [2.24, 2.45) is 0 Å². The molecule has 3 aliphatic rings. The van der Waals surface area contributed by atoms with Crippen molar-refractivity contribution in [2.45, 2.75) is 40.0 Å². The molecule has 0 spiro atoms. The smallest absolute Gasteiger partial charge is 0.423 e. The van der Waals surface area contributed by atoms with E-state index >= 15 is 0 Å². The van der Waals surface area contributed by atoms with Gasteiger partial charge in [0, 0.05) is 4.47 Å². The lowest BCUT2D eigenvalue weighted by Gasteiger charge is -2.08. The van der Waals surface area contributed by atoms with Crippen LogP contribution in [0.2, 0.25) is 0 Å². The fourth-order valence-electron chi connectivity index (χ4n) is 6.96. The van der Waals surface area contributed by atoms with Gasteiger partial charge in [-0.3, -0.25) is 0 Å². The standard InChI is InChI=1S/C14H12.C13H11BO2.C13H9Br.C2H6/c1-10-5-4-7-12-9-11-6-2-3-8-13(11)14(10)12;15-14(16)12-7-3-5-10-8-9-4-1-2-6-11(9)13(10)12;14-12-7-3-5-10-8-9-4-1-2-6-11(9)13(10)12;1-2/h2-8H,9H2,1H3;1-7,15-16H,8H2;1-7H,8H2;1-2H3. The Morgan fingerprint density at radius 2 is 0.848 bits per heavy atom. The summed E-state index contributed by atoms with van der Waals surface area (Å²) in [5.41, 5.74) is 18.0. The zero-order valence-electron chi connectivity index (χ0n) is 26.6. The first-order chi connectivity index (χ1) is 22.5. The molecule has 6 aromatic rings. The maximum Gasteiger partial charge on any atom is 0.489 e. The number of hydrogen-bond acceptors (Lipinski definition) is 2. The van der Waals surface area contributed by atoms with Gasteiger partial charge in [-0.25, -0.2) is 0 Å². The van der Waals surface area contributed by atoms with E-state index in [-0.39, 0.29) is 0 Å². The minimum atomic E-state index is -1.40. The van der Waals surface area contributed by atoms with Crippen molar-refractivity contribution < 1.29 is 10.0 Å². The predicted octanol–water partition coefficient (Wildman–Crippen LogP) is 9.55. The van der Waals surface area contributed by atoms with Crippen molar-refractivity contribution in [3.05, 3.63) is 171 Å². The van der Waals surface area contributed by atoms with E-state index in [0.717, 1.165) is 30.4 Å². The second kappa shape index (κ2) is 14.0. The first kappa shape index (κ1) is 31.8. The fraction of sp³-hybridized carbons (Fsp3) is 0.143. The Bertz CT molecular complexity index is 1920. The lowest BCUT2D eigenvalue weighted by molar-refractivity contribution is 0.426. The molecule has 0 aromatic heterocycles. The molecule has 0 saturated heterocycles. The van der Waals surface area contributed by atoms with E-state index in [1.54, 1.807) is 6.07 Å². The van der Waals surface area contributed by atoms with Gasteiger partial charge in [0.15, 0.2) is 0 Å². The van der Waals surface area contributed by atoms with Gasteiger partial charge in [0.2, 0.25) is 0 Å². The predicted molar refractivity (Wildman–Crippen MR) is 198 cm³/mol. The van der Waals surface area contributed by atoms with Crippen LogP contribution in [0.1, 0.15) is 52.8 Å². The number of rotatable bonds is 1. The van der Waals surface area contributed by atoms with Gasteiger partial charge in [0.25, 0.3) is 0 Å². The van der Waals surface area contributed by atoms with Gasteiger partial charge >= 0.3 is 7.12 Å². The average molecular weight is 665 g/mol. The highest BCUT2D eigenvalue weighted by molar-refractivity contribution is 9.10. The van der Waals surface area contributed by atoms with Crippen LogP contribution in [0, 0.1) is 6.92 Å². The highest BCUT2D eigenvalue weighted by Crippen LogP contribution is 2.41. The number of benzene rings is 6. The molecule has 9 rings (SSSR count). The molecule has 6 aromatic carbocycles. The van der Waals surface area contributed by atoms with Crippen LogP contribution in [-0.4, -0.2) is 17.2 Å². The first-order valence-corrected chi connectivity index (χ1v) is 16.9. The van der Waals surface area contributed by atoms with E-state index in [1.807, 2.05) is 44.2 Å². The molecule has 46 heavy (non-hydrogen) atoms. The lowest BCUT2D eigenvalue weighted by atomic mass is 9.75. The molecule has 0 fully saturated rings. The summed E-state index contributed by atoms with van der Waals surface area (Å²) in [5.74, 6) is 0. The normalized spacial score (nSPS) is 11.9. The topological polar surface area (TPSA) is 40.5 Å². The first-order valence-electron chi connectivity index (χ1n) is 16.1. The molecule has 0 bridgehead atoms. The molecular weight excluding hydrogens is 627 g/mol. The Balaban J connectivity index is 0.000000118. The summed E-state index contributed by atoms with van der Waals surface area (Å²) < 4.78 is 1.21. The summed E-state index contributed by atoms with van der Waals surface area (Å²) in [7, 11) is -1.40. The monoisotopic (exact) mass is 664 g/mol. The molecule has 0 heterocycles. The largest absolute Gasteiger partial charge is 0.489 e. The van der Waals surface area contributed by atoms with Crippen molar-refractivity contribution in [2.75, 3.05) is 0 Å². The van der Waals surface area contributed by atoms with Gasteiger partial charge in [-0.05, 0) is 110 Å². The Kier molecular flexibility index (Phi) is 9.70. The van der Waals surface area contributed by atoms with E-state index in [0.29, 0.717) is 5.46 Å². The number of fused-ring (bicyclic) bond motifs is 9. The van der Waals surface area contributed by atoms with E-state index in [2.05, 4.69) is 114 Å². The second-order valence-electron chi connectivity index (χ2n) is 11.6. The minimum Gasteiger partial charge on any atom is -0.423 e. The molecule has 0 amide bonds. The molecular formula is C42H38BBrO2. The number of halogens is 1. The fourth-order valence-corrected chi connectivity index (χ4v) is 7.58. The van der Waals surface area contributed by atoms with Crippen molar-refractivity contribution >= 4 is 28.5 Å². The Labute approximate surface area is 281 Å². The summed E-state index contributed by atoms with van der Waals surface area (Å²) in [5, 5.41) is 18.7. The molecule has 3 aliphatic carbocycles. The van der Waals surface area contributed by atoms with Gasteiger partial charge in [-0.1, -0.05) is 151 Å². The van der Waals surface area contributed by atoms with Crippen LogP contribution in [-0.2, 0) is 19.3 Å². The molecule has 0 unspecified atom stereocenters. The van der Waals surface area contributed by atoms with Gasteiger partial charge in [-0.2, -0.15) is 0 Å². The molecule has 0 radical (unpaired) electrons. The molecule has 228 valence electrons. The lowest BCUT2D eigenvalue weighted by Crippen LogP contribution is -2.31. The van der Waals surface area contributed by atoms with Gasteiger partial charge < -0.3 is 10.0 Å². The Morgan fingerprint density at radius 1 is 0.457 bits per heavy atom. The second-order valence-corrected chi connectivity index (χ2v) is 12.5. The maximum absolute atomic E-state index is 9.37. The third-order valence-electron chi connectivity index (χ3n) is 8.92. The average Bonchev–Trinajstić information content (AvgIpc) is 3.78. The van der Waals surface area contributed by atoms with Crippen molar-refractivity contribution in [1.82, 2.24) is 0 Å². The zero-order valence-corrected chi connectivity index (χ0v) is 28.2. The van der Waals surface area contributed by atoms with Gasteiger partial charge in [0.05, 0.1) is 0 Å². The molecule has 2 N–H and O–H groups in total. The van der Waals surface area contributed by atoms with Crippen molar-refractivity contribution in [3.63, 3.8) is 0 Å². The van der Waals surface area contributed by atoms with E-state index < -0.39 is 7.12 Å². The SMILES string of the molecule is Brc1cccc2c1-c1ccccc1C2.CC.Cc1cccc2c1-c1ccccc1C2.OB(O)c1cccc2c1-c1ccccc1C2. The Hall–Kier alpha value is -4.22. The molecule has 4 heteroatoms. The zero-order chi connectivity index (χ0) is 32.2. The van der Waals surface area contributed by atoms with E-state index in [4.69, 9.17) is 0 Å². The van der Waals surface area contributed by atoms with Crippen LogP contribution < -0.4 is 5.46 Å². The summed E-state index contributed by atoms with van der Waals surface area (Å²) in [6, 6.07) is 44.2. The van der Waals surface area contributed by atoms with E-state index in [1.165, 1.54) is 65.7 Å². The number of aryl methyl sites for hydroxylation is 1. The number of hydrogen-bond donors (Lipinski definition) is 2. The van der Waals surface area contributed by atoms with Crippen LogP contribution in [0.3, 0.4) is 0 Å². The van der Waals surface area contributed by atoms with Gasteiger partial charge in [-0.15, -0.1) is 0 Å². The summed E-state index contributed by atoms with van der Waals surface area (Å²) in [4.78, 5) is 0. The van der Waals surface area contributed by atoms with E-state index in [9.17, 15) is 10.0 Å². The van der Waals surface area contributed by atoms with Crippen molar-refractivity contribution in [1.29, 1.82) is 0 Å². The summed E-state index contributed by atoms with van der Waals surface area (Å²) >= 11 is 3.62. The highest BCUT2D eigenvalue weighted by atomic mass is 79.9. The van der Waals surface area contributed by atoms with Crippen LogP contribution in [0.25, 0.3) is 33.4 Å². The molecule has 0 atom stereocenters. The Morgan fingerprint density at radius 3 is 1.39 bits per heavy atom. The van der Waals surface area contributed by atoms with Gasteiger partial charge in [0.1, 0.15) is 0 Å². The molecule has 2 nitrogen and oxygen atoms in total. The third-order valence-corrected chi connectivity index (χ3v) is 9.58. The minimum absolute atomic E-state index is 0.599. The van der Waals surface area contributed by atoms with Crippen LogP contribution >= 0.6 is 15.9 Å². The summed E-state index contributed by atoms with van der Waals surface area (Å²) in [6.07, 6.45) is 3.06. The maximum atomic E-state index is 9.37. The van der Waals surface area contributed by atoms with Crippen LogP contribution in [0.4, 0.5) is 0 Å². The van der Waals surface area contributed by atoms with Crippen LogP contribution in [0.15, 0.2) is 132 Å². The highest BCUT2D eigenvalue weighted by Gasteiger charge is 2.25. The van der Waals surface area contributed by atoms with Crippen molar-refractivity contribution in [3.8, 4) is 33.4 Å². The molecule has 0 saturated carbocycles. The van der Waals surface area contributed by atoms with Crippen LogP contribution in [0.5, 0.6) is 0 Å². The molecule has 0 aliphatic heterocycles. The summed E-state index contributed by atoms with van der Waals surface area (Å²) in [6.45, 7) is 6.20. The quantitative estimate of drug-likeness (QED) is 0.172.